The third kappa shape index (κ3) is 2.74. The van der Waals surface area contributed by atoms with Crippen molar-refractivity contribution in [3.8, 4) is 0 Å². The van der Waals surface area contributed by atoms with Gasteiger partial charge >= 0.3 is 0 Å². The van der Waals surface area contributed by atoms with Crippen molar-refractivity contribution in [3.05, 3.63) is 56.5 Å². The van der Waals surface area contributed by atoms with Gasteiger partial charge in [0.25, 0.3) is 0 Å². The average Bonchev–Trinajstić information content (AvgIpc) is 2.77. The summed E-state index contributed by atoms with van der Waals surface area (Å²) in [6.07, 6.45) is 0. The fraction of sp³-hybridized carbons (Fsp3) is 0.286. The smallest absolute Gasteiger partial charge is 0.142 e. The van der Waals surface area contributed by atoms with Gasteiger partial charge in [-0.3, -0.25) is 0 Å². The average molecular weight is 284 g/mol. The molecule has 2 rings (SSSR count). The van der Waals surface area contributed by atoms with E-state index in [1.165, 1.54) is 10.9 Å². The van der Waals surface area contributed by atoms with E-state index in [0.717, 1.165) is 17.7 Å². The molecule has 1 heterocycles. The van der Waals surface area contributed by atoms with Crippen molar-refractivity contribution in [1.82, 2.24) is 5.32 Å². The Morgan fingerprint density at radius 1 is 1.44 bits per heavy atom. The molecule has 1 N–H and O–H groups in total. The minimum atomic E-state index is -0.371. The molecule has 1 aromatic heterocycles. The summed E-state index contributed by atoms with van der Waals surface area (Å²) in [5.41, 5.74) is 1.92. The second-order valence-electron chi connectivity index (χ2n) is 4.12. The lowest BCUT2D eigenvalue weighted by molar-refractivity contribution is 0.604. The third-order valence-corrected chi connectivity index (χ3v) is 4.06. The lowest BCUT2D eigenvalue weighted by atomic mass is 10.0. The van der Waals surface area contributed by atoms with Crippen LogP contribution in [0.15, 0.2) is 29.6 Å². The highest BCUT2D eigenvalue weighted by molar-refractivity contribution is 7.10. The number of rotatable bonds is 4. The van der Waals surface area contributed by atoms with Crippen molar-refractivity contribution in [3.63, 3.8) is 0 Å². The molecule has 0 bridgehead atoms. The van der Waals surface area contributed by atoms with Crippen molar-refractivity contribution in [2.75, 3.05) is 6.54 Å². The first-order chi connectivity index (χ1) is 8.63. The van der Waals surface area contributed by atoms with Gasteiger partial charge in [0, 0.05) is 4.88 Å². The van der Waals surface area contributed by atoms with E-state index in [4.69, 9.17) is 11.6 Å². The Morgan fingerprint density at radius 2 is 2.22 bits per heavy atom. The van der Waals surface area contributed by atoms with Gasteiger partial charge in [0.15, 0.2) is 0 Å². The predicted molar refractivity (Wildman–Crippen MR) is 76.0 cm³/mol. The Hall–Kier alpha value is -0.900. The van der Waals surface area contributed by atoms with E-state index >= 15 is 0 Å². The molecule has 18 heavy (non-hydrogen) atoms. The van der Waals surface area contributed by atoms with Crippen molar-refractivity contribution >= 4 is 22.9 Å². The molecule has 0 spiro atoms. The number of hydrogen-bond donors (Lipinski definition) is 1. The normalized spacial score (nSPS) is 12.7. The standard InChI is InChI=1S/C14H15ClFNS/c1-3-17-14(10-7-9(2)18-8-10)11-5-4-6-12(16)13(11)15/h4-8,14,17H,3H2,1-2H3. The summed E-state index contributed by atoms with van der Waals surface area (Å²) in [6, 6.07) is 7.00. The lowest BCUT2D eigenvalue weighted by Gasteiger charge is -2.19. The first kappa shape index (κ1) is 13.5. The largest absolute Gasteiger partial charge is 0.306 e. The van der Waals surface area contributed by atoms with Gasteiger partial charge in [0.1, 0.15) is 5.82 Å². The summed E-state index contributed by atoms with van der Waals surface area (Å²) in [5, 5.41) is 5.64. The Kier molecular flexibility index (Phi) is 4.38. The molecule has 1 aromatic carbocycles. The van der Waals surface area contributed by atoms with Gasteiger partial charge in [0.05, 0.1) is 11.1 Å². The van der Waals surface area contributed by atoms with Crippen LogP contribution < -0.4 is 5.32 Å². The Bertz CT molecular complexity index is 538. The highest BCUT2D eigenvalue weighted by Crippen LogP contribution is 2.32. The molecule has 0 saturated carbocycles. The van der Waals surface area contributed by atoms with E-state index in [2.05, 4.69) is 23.7 Å². The van der Waals surface area contributed by atoms with Gasteiger partial charge in [-0.25, -0.2) is 4.39 Å². The summed E-state index contributed by atoms with van der Waals surface area (Å²) in [7, 11) is 0. The summed E-state index contributed by atoms with van der Waals surface area (Å²) >= 11 is 7.76. The van der Waals surface area contributed by atoms with Crippen LogP contribution in [0.2, 0.25) is 5.02 Å². The molecule has 1 atom stereocenters. The van der Waals surface area contributed by atoms with Crippen LogP contribution >= 0.6 is 22.9 Å². The topological polar surface area (TPSA) is 12.0 Å². The fourth-order valence-corrected chi connectivity index (χ4v) is 2.94. The number of nitrogens with one attached hydrogen (secondary N) is 1. The summed E-state index contributed by atoms with van der Waals surface area (Å²) in [4.78, 5) is 1.24. The molecule has 0 aliphatic heterocycles. The fourth-order valence-electron chi connectivity index (χ4n) is 1.97. The summed E-state index contributed by atoms with van der Waals surface area (Å²) in [6.45, 7) is 4.89. The highest BCUT2D eigenvalue weighted by Gasteiger charge is 2.18. The van der Waals surface area contributed by atoms with E-state index in [0.29, 0.717) is 0 Å². The molecule has 0 aliphatic carbocycles. The van der Waals surface area contributed by atoms with Crippen molar-refractivity contribution in [2.45, 2.75) is 19.9 Å². The maximum Gasteiger partial charge on any atom is 0.142 e. The molecule has 0 amide bonds. The first-order valence-electron chi connectivity index (χ1n) is 5.85. The molecular weight excluding hydrogens is 269 g/mol. The predicted octanol–water partition coefficient (Wildman–Crippen LogP) is 4.55. The van der Waals surface area contributed by atoms with Crippen molar-refractivity contribution in [1.29, 1.82) is 0 Å². The van der Waals surface area contributed by atoms with E-state index < -0.39 is 0 Å². The highest BCUT2D eigenvalue weighted by atomic mass is 35.5. The minimum absolute atomic E-state index is 0.0526. The monoisotopic (exact) mass is 283 g/mol. The number of benzene rings is 1. The molecule has 0 aliphatic rings. The van der Waals surface area contributed by atoms with Gasteiger partial charge in [-0.2, -0.15) is 0 Å². The van der Waals surface area contributed by atoms with Crippen LogP contribution in [0.25, 0.3) is 0 Å². The number of hydrogen-bond acceptors (Lipinski definition) is 2. The molecule has 0 saturated heterocycles. The zero-order chi connectivity index (χ0) is 13.1. The van der Waals surface area contributed by atoms with Crippen molar-refractivity contribution < 1.29 is 4.39 Å². The Balaban J connectivity index is 2.44. The van der Waals surface area contributed by atoms with Gasteiger partial charge in [0.2, 0.25) is 0 Å². The van der Waals surface area contributed by atoms with Crippen LogP contribution in [0.4, 0.5) is 4.39 Å². The molecule has 2 aromatic rings. The van der Waals surface area contributed by atoms with Gasteiger partial charge in [-0.05, 0) is 42.1 Å². The zero-order valence-corrected chi connectivity index (χ0v) is 11.9. The maximum atomic E-state index is 13.5. The van der Waals surface area contributed by atoms with Crippen LogP contribution in [0, 0.1) is 12.7 Å². The van der Waals surface area contributed by atoms with Gasteiger partial charge < -0.3 is 5.32 Å². The minimum Gasteiger partial charge on any atom is -0.306 e. The third-order valence-electron chi connectivity index (χ3n) is 2.78. The van der Waals surface area contributed by atoms with Crippen LogP contribution in [-0.2, 0) is 0 Å². The number of aryl methyl sites for hydroxylation is 1. The first-order valence-corrected chi connectivity index (χ1v) is 7.11. The van der Waals surface area contributed by atoms with Crippen LogP contribution in [0.5, 0.6) is 0 Å². The summed E-state index contributed by atoms with van der Waals surface area (Å²) in [5.74, 6) is -0.371. The van der Waals surface area contributed by atoms with E-state index in [9.17, 15) is 4.39 Å². The second kappa shape index (κ2) is 5.83. The Labute approximate surface area is 116 Å². The lowest BCUT2D eigenvalue weighted by Crippen LogP contribution is -2.22. The zero-order valence-electron chi connectivity index (χ0n) is 10.3. The van der Waals surface area contributed by atoms with Crippen molar-refractivity contribution in [2.24, 2.45) is 0 Å². The molecule has 1 nitrogen and oxygen atoms in total. The second-order valence-corrected chi connectivity index (χ2v) is 5.62. The maximum absolute atomic E-state index is 13.5. The van der Waals surface area contributed by atoms with E-state index in [1.807, 2.05) is 13.0 Å². The molecule has 4 heteroatoms. The SMILES string of the molecule is CCNC(c1csc(C)c1)c1cccc(F)c1Cl. The summed E-state index contributed by atoms with van der Waals surface area (Å²) < 4.78 is 13.5. The molecule has 0 radical (unpaired) electrons. The van der Waals surface area contributed by atoms with Gasteiger partial charge in [-0.15, -0.1) is 11.3 Å². The van der Waals surface area contributed by atoms with Crippen LogP contribution in [-0.4, -0.2) is 6.54 Å². The van der Waals surface area contributed by atoms with E-state index in [-0.39, 0.29) is 16.9 Å². The van der Waals surface area contributed by atoms with Crippen LogP contribution in [0.3, 0.4) is 0 Å². The molecule has 1 unspecified atom stereocenters. The molecule has 96 valence electrons. The van der Waals surface area contributed by atoms with Gasteiger partial charge in [-0.1, -0.05) is 30.7 Å². The number of halogens is 2. The van der Waals surface area contributed by atoms with Crippen LogP contribution in [0.1, 0.15) is 29.0 Å². The van der Waals surface area contributed by atoms with E-state index in [1.54, 1.807) is 17.4 Å². The number of thiophene rings is 1. The Morgan fingerprint density at radius 3 is 2.83 bits per heavy atom. The molecule has 0 fully saturated rings. The molecular formula is C14H15ClFNS. The quantitative estimate of drug-likeness (QED) is 0.868.